The lowest BCUT2D eigenvalue weighted by Gasteiger charge is -2.31. The fourth-order valence-electron chi connectivity index (χ4n) is 2.00. The van der Waals surface area contributed by atoms with Crippen LogP contribution in [0.1, 0.15) is 20.4 Å². The Kier molecular flexibility index (Phi) is 5.10. The highest BCUT2D eigenvalue weighted by Crippen LogP contribution is 2.17. The number of aliphatic hydroxyl groups is 1. The second-order valence-corrected chi connectivity index (χ2v) is 5.69. The van der Waals surface area contributed by atoms with Crippen molar-refractivity contribution in [2.75, 3.05) is 26.3 Å². The Bertz CT molecular complexity index is 533. The molecule has 0 aliphatic carbocycles. The molecule has 9 heteroatoms. The summed E-state index contributed by atoms with van der Waals surface area (Å²) in [5.74, 6) is -1.01. The van der Waals surface area contributed by atoms with Gasteiger partial charge in [-0.2, -0.15) is 0 Å². The zero-order chi connectivity index (χ0) is 15.4. The minimum absolute atomic E-state index is 0.128. The summed E-state index contributed by atoms with van der Waals surface area (Å²) in [7, 11) is 0. The molecule has 1 saturated heterocycles. The Morgan fingerprint density at radius 2 is 2.33 bits per heavy atom. The van der Waals surface area contributed by atoms with Crippen LogP contribution in [0, 0.1) is 6.92 Å². The maximum atomic E-state index is 12.0. The normalized spacial score (nSPS) is 18.6. The van der Waals surface area contributed by atoms with Crippen LogP contribution in [-0.2, 0) is 11.3 Å². The number of nitrogens with one attached hydrogen (secondary N) is 1. The number of carboxylic acids is 1. The first-order valence-corrected chi connectivity index (χ1v) is 7.27. The van der Waals surface area contributed by atoms with E-state index in [1.54, 1.807) is 11.8 Å². The molecule has 2 amide bonds. The third-order valence-corrected chi connectivity index (χ3v) is 4.20. The number of aromatic carboxylic acids is 1. The summed E-state index contributed by atoms with van der Waals surface area (Å²) in [5.41, 5.74) is 0.448. The van der Waals surface area contributed by atoms with Gasteiger partial charge in [-0.05, 0) is 6.92 Å². The number of aliphatic hydroxyl groups excluding tert-OH is 1. The maximum absolute atomic E-state index is 12.0. The van der Waals surface area contributed by atoms with Crippen LogP contribution in [0.4, 0.5) is 4.79 Å². The van der Waals surface area contributed by atoms with Gasteiger partial charge in [0.1, 0.15) is 9.88 Å². The Hall–Kier alpha value is -1.71. The highest BCUT2D eigenvalue weighted by molar-refractivity contribution is 7.13. The predicted molar refractivity (Wildman–Crippen MR) is 74.4 cm³/mol. The van der Waals surface area contributed by atoms with E-state index >= 15 is 0 Å². The molecule has 1 aliphatic rings. The average Bonchev–Trinajstić information content (AvgIpc) is 2.86. The third kappa shape index (κ3) is 3.90. The molecule has 0 bridgehead atoms. The maximum Gasteiger partial charge on any atom is 0.347 e. The molecule has 1 fully saturated rings. The van der Waals surface area contributed by atoms with Gasteiger partial charge in [-0.1, -0.05) is 0 Å². The molecule has 1 atom stereocenters. The lowest BCUT2D eigenvalue weighted by Crippen LogP contribution is -2.50. The van der Waals surface area contributed by atoms with Crippen molar-refractivity contribution < 1.29 is 24.5 Å². The second-order valence-electron chi connectivity index (χ2n) is 4.61. The van der Waals surface area contributed by atoms with Crippen molar-refractivity contribution in [2.24, 2.45) is 0 Å². The van der Waals surface area contributed by atoms with Gasteiger partial charge in [0.2, 0.25) is 0 Å². The summed E-state index contributed by atoms with van der Waals surface area (Å²) in [6.07, 6.45) is -0.356. The van der Waals surface area contributed by atoms with E-state index in [1.165, 1.54) is 0 Å². The van der Waals surface area contributed by atoms with Crippen molar-refractivity contribution in [3.63, 3.8) is 0 Å². The summed E-state index contributed by atoms with van der Waals surface area (Å²) in [6.45, 7) is 2.85. The van der Waals surface area contributed by atoms with Gasteiger partial charge < -0.3 is 25.2 Å². The largest absolute Gasteiger partial charge is 0.477 e. The number of rotatable bonds is 4. The summed E-state index contributed by atoms with van der Waals surface area (Å²) >= 11 is 1.05. The van der Waals surface area contributed by atoms with Gasteiger partial charge >= 0.3 is 12.0 Å². The van der Waals surface area contributed by atoms with E-state index in [0.29, 0.717) is 30.4 Å². The predicted octanol–water partition coefficient (Wildman–Crippen LogP) is 0.0524. The SMILES string of the molecule is Cc1nc(CNC(=O)N2CCOC(CO)C2)sc1C(=O)O. The molecule has 116 valence electrons. The van der Waals surface area contributed by atoms with Crippen LogP contribution in [-0.4, -0.2) is 64.5 Å². The number of ether oxygens (including phenoxy) is 1. The number of morpholine rings is 1. The van der Waals surface area contributed by atoms with Gasteiger partial charge in [-0.3, -0.25) is 0 Å². The number of nitrogens with zero attached hydrogens (tertiary/aromatic N) is 2. The molecule has 1 aliphatic heterocycles. The topological polar surface area (TPSA) is 112 Å². The monoisotopic (exact) mass is 315 g/mol. The lowest BCUT2D eigenvalue weighted by atomic mass is 10.3. The fraction of sp³-hybridized carbons (Fsp3) is 0.583. The molecule has 21 heavy (non-hydrogen) atoms. The van der Waals surface area contributed by atoms with Crippen LogP contribution in [0.15, 0.2) is 0 Å². The molecule has 0 saturated carbocycles. The standard InChI is InChI=1S/C12H17N3O5S/c1-7-10(11(17)18)21-9(14-7)4-13-12(19)15-2-3-20-8(5-15)6-16/h8,16H,2-6H2,1H3,(H,13,19)(H,17,18). The highest BCUT2D eigenvalue weighted by Gasteiger charge is 2.23. The number of hydrogen-bond acceptors (Lipinski definition) is 6. The summed E-state index contributed by atoms with van der Waals surface area (Å²) in [4.78, 5) is 28.8. The van der Waals surface area contributed by atoms with E-state index in [-0.39, 0.29) is 30.2 Å². The number of aryl methyl sites for hydroxylation is 1. The number of hydrogen-bond donors (Lipinski definition) is 3. The van der Waals surface area contributed by atoms with E-state index < -0.39 is 5.97 Å². The molecule has 1 unspecified atom stereocenters. The Morgan fingerprint density at radius 3 is 2.95 bits per heavy atom. The van der Waals surface area contributed by atoms with Crippen LogP contribution >= 0.6 is 11.3 Å². The van der Waals surface area contributed by atoms with Crippen LogP contribution in [0.2, 0.25) is 0 Å². The molecule has 2 heterocycles. The van der Waals surface area contributed by atoms with Crippen molar-refractivity contribution in [1.29, 1.82) is 0 Å². The van der Waals surface area contributed by atoms with Gasteiger partial charge in [-0.15, -0.1) is 11.3 Å². The molecule has 1 aromatic heterocycles. The molecule has 1 aromatic rings. The number of carbonyl (C=O) groups is 2. The first-order valence-electron chi connectivity index (χ1n) is 6.46. The van der Waals surface area contributed by atoms with Crippen molar-refractivity contribution in [3.05, 3.63) is 15.6 Å². The Morgan fingerprint density at radius 1 is 1.57 bits per heavy atom. The number of urea groups is 1. The lowest BCUT2D eigenvalue weighted by molar-refractivity contribution is -0.0403. The van der Waals surface area contributed by atoms with Crippen molar-refractivity contribution in [3.8, 4) is 0 Å². The van der Waals surface area contributed by atoms with Crippen LogP contribution in [0.25, 0.3) is 0 Å². The molecule has 0 radical (unpaired) electrons. The van der Waals surface area contributed by atoms with Crippen molar-refractivity contribution >= 4 is 23.3 Å². The first-order chi connectivity index (χ1) is 10.0. The van der Waals surface area contributed by atoms with Gasteiger partial charge in [0, 0.05) is 6.54 Å². The fourth-order valence-corrected chi connectivity index (χ4v) is 2.85. The summed E-state index contributed by atoms with van der Waals surface area (Å²) < 4.78 is 5.27. The van der Waals surface area contributed by atoms with Gasteiger partial charge in [0.25, 0.3) is 0 Å². The molecular weight excluding hydrogens is 298 g/mol. The van der Waals surface area contributed by atoms with Crippen molar-refractivity contribution in [1.82, 2.24) is 15.2 Å². The molecule has 0 spiro atoms. The molecule has 8 nitrogen and oxygen atoms in total. The number of thiazole rings is 1. The zero-order valence-electron chi connectivity index (χ0n) is 11.5. The summed E-state index contributed by atoms with van der Waals surface area (Å²) in [5, 5.41) is 21.2. The minimum atomic E-state index is -1.01. The van der Waals surface area contributed by atoms with Crippen LogP contribution < -0.4 is 5.32 Å². The minimum Gasteiger partial charge on any atom is -0.477 e. The zero-order valence-corrected chi connectivity index (χ0v) is 12.4. The molecule has 3 N–H and O–H groups in total. The number of amides is 2. The quantitative estimate of drug-likeness (QED) is 0.724. The molecule has 2 rings (SSSR count). The second kappa shape index (κ2) is 6.83. The summed E-state index contributed by atoms with van der Waals surface area (Å²) in [6, 6.07) is -0.276. The van der Waals surface area contributed by atoms with Gasteiger partial charge in [0.15, 0.2) is 0 Å². The Balaban J connectivity index is 1.89. The van der Waals surface area contributed by atoms with Crippen molar-refractivity contribution in [2.45, 2.75) is 19.6 Å². The van der Waals surface area contributed by atoms with Crippen LogP contribution in [0.5, 0.6) is 0 Å². The number of aromatic nitrogens is 1. The average molecular weight is 315 g/mol. The highest BCUT2D eigenvalue weighted by atomic mass is 32.1. The third-order valence-electron chi connectivity index (χ3n) is 3.06. The first kappa shape index (κ1) is 15.7. The Labute approximate surface area is 125 Å². The van der Waals surface area contributed by atoms with E-state index in [0.717, 1.165) is 11.3 Å². The van der Waals surface area contributed by atoms with Crippen LogP contribution in [0.3, 0.4) is 0 Å². The van der Waals surface area contributed by atoms with E-state index in [2.05, 4.69) is 10.3 Å². The molecular formula is C12H17N3O5S. The van der Waals surface area contributed by atoms with Gasteiger partial charge in [-0.25, -0.2) is 14.6 Å². The smallest absolute Gasteiger partial charge is 0.347 e. The van der Waals surface area contributed by atoms with Gasteiger partial charge in [0.05, 0.1) is 38.1 Å². The van der Waals surface area contributed by atoms with E-state index in [9.17, 15) is 9.59 Å². The number of carbonyl (C=O) groups excluding carboxylic acids is 1. The molecule has 0 aromatic carbocycles. The number of carboxylic acid groups (broad SMARTS) is 1. The van der Waals surface area contributed by atoms with E-state index in [4.69, 9.17) is 14.9 Å². The van der Waals surface area contributed by atoms with E-state index in [1.807, 2.05) is 0 Å².